The van der Waals surface area contributed by atoms with Gasteiger partial charge in [-0.05, 0) is 37.0 Å². The lowest BCUT2D eigenvalue weighted by atomic mass is 10.0. The Morgan fingerprint density at radius 2 is 2.00 bits per heavy atom. The van der Waals surface area contributed by atoms with E-state index in [9.17, 15) is 19.5 Å². The van der Waals surface area contributed by atoms with Crippen LogP contribution < -0.4 is 20.8 Å². The van der Waals surface area contributed by atoms with E-state index in [1.54, 1.807) is 18.2 Å². The monoisotopic (exact) mass is 374 g/mol. The Balaban J connectivity index is 2.08. The summed E-state index contributed by atoms with van der Waals surface area (Å²) >= 11 is 0. The highest BCUT2D eigenvalue weighted by molar-refractivity contribution is 5.84. The fourth-order valence-corrected chi connectivity index (χ4v) is 2.80. The van der Waals surface area contributed by atoms with E-state index < -0.39 is 23.5 Å². The van der Waals surface area contributed by atoms with Crippen molar-refractivity contribution in [3.63, 3.8) is 0 Å². The molecule has 0 fully saturated rings. The molecule has 0 spiro atoms. The fraction of sp³-hybridized carbons (Fsp3) is 0.450. The highest BCUT2D eigenvalue weighted by Crippen LogP contribution is 2.23. The van der Waals surface area contributed by atoms with Crippen LogP contribution in [-0.4, -0.2) is 24.5 Å². The molecule has 1 heterocycles. The van der Waals surface area contributed by atoms with E-state index in [-0.39, 0.29) is 13.0 Å². The number of aryl methyl sites for hydroxylation is 1. The van der Waals surface area contributed by atoms with Crippen molar-refractivity contribution in [1.82, 2.24) is 5.32 Å². The highest BCUT2D eigenvalue weighted by atomic mass is 16.5. The molecule has 0 aliphatic heterocycles. The van der Waals surface area contributed by atoms with Gasteiger partial charge in [0.25, 0.3) is 5.91 Å². The van der Waals surface area contributed by atoms with Gasteiger partial charge >= 0.3 is 5.63 Å². The Hall–Kier alpha value is -2.83. The lowest BCUT2D eigenvalue weighted by Gasteiger charge is -2.19. The molecule has 146 valence electrons. The Morgan fingerprint density at radius 3 is 2.67 bits per heavy atom. The summed E-state index contributed by atoms with van der Waals surface area (Å²) in [4.78, 5) is 34.6. The normalized spacial score (nSPS) is 11.9. The average molecular weight is 374 g/mol. The van der Waals surface area contributed by atoms with E-state index in [1.165, 1.54) is 6.07 Å². The van der Waals surface area contributed by atoms with Gasteiger partial charge in [0.2, 0.25) is 0 Å². The summed E-state index contributed by atoms with van der Waals surface area (Å²) < 4.78 is 10.6. The van der Waals surface area contributed by atoms with Crippen LogP contribution in [0.5, 0.6) is 5.75 Å². The summed E-state index contributed by atoms with van der Waals surface area (Å²) in [5.74, 6) is -1.53. The van der Waals surface area contributed by atoms with Crippen molar-refractivity contribution in [2.24, 2.45) is 0 Å². The molecule has 0 saturated heterocycles. The molecule has 0 unspecified atom stereocenters. The van der Waals surface area contributed by atoms with E-state index in [2.05, 4.69) is 12.2 Å². The van der Waals surface area contributed by atoms with Crippen LogP contribution in [-0.2, 0) is 16.0 Å². The number of amides is 1. The van der Waals surface area contributed by atoms with Crippen molar-refractivity contribution in [2.75, 3.05) is 6.61 Å². The first-order valence-electron chi connectivity index (χ1n) is 9.14. The third-order valence-electron chi connectivity index (χ3n) is 4.17. The number of hydrogen-bond acceptors (Lipinski definition) is 6. The molecule has 1 aromatic heterocycles. The van der Waals surface area contributed by atoms with Crippen LogP contribution in [0.2, 0.25) is 0 Å². The molecule has 7 nitrogen and oxygen atoms in total. The minimum absolute atomic E-state index is 0.287. The zero-order valence-corrected chi connectivity index (χ0v) is 15.6. The number of carbonyl (C=O) groups is 2. The molecule has 0 bridgehead atoms. The molecule has 0 saturated carbocycles. The predicted molar refractivity (Wildman–Crippen MR) is 98.4 cm³/mol. The Bertz CT molecular complexity index is 857. The van der Waals surface area contributed by atoms with Gasteiger partial charge in [-0.25, -0.2) is 4.79 Å². The van der Waals surface area contributed by atoms with Crippen LogP contribution in [0.15, 0.2) is 33.5 Å². The van der Waals surface area contributed by atoms with Gasteiger partial charge in [-0.3, -0.25) is 4.79 Å². The van der Waals surface area contributed by atoms with Gasteiger partial charge in [0.05, 0.1) is 12.0 Å². The van der Waals surface area contributed by atoms with E-state index in [0.717, 1.165) is 30.2 Å². The molecule has 0 aliphatic rings. The van der Waals surface area contributed by atoms with Crippen molar-refractivity contribution in [1.29, 1.82) is 0 Å². The van der Waals surface area contributed by atoms with Gasteiger partial charge < -0.3 is 24.4 Å². The number of aliphatic carboxylic acids is 1. The maximum atomic E-state index is 11.9. The topological polar surface area (TPSA) is 109 Å². The number of carboxylic acid groups (broad SMARTS) is 1. The molecule has 0 aliphatic carbocycles. The number of fused-ring (bicyclic) bond motifs is 1. The van der Waals surface area contributed by atoms with Crippen molar-refractivity contribution in [3.8, 4) is 5.75 Å². The van der Waals surface area contributed by atoms with E-state index in [1.807, 2.05) is 6.92 Å². The van der Waals surface area contributed by atoms with Gasteiger partial charge in [-0.1, -0.05) is 26.7 Å². The first kappa shape index (κ1) is 20.5. The zero-order chi connectivity index (χ0) is 19.8. The highest BCUT2D eigenvalue weighted by Gasteiger charge is 2.13. The average Bonchev–Trinajstić information content (AvgIpc) is 2.63. The molecule has 27 heavy (non-hydrogen) atoms. The van der Waals surface area contributed by atoms with Crippen molar-refractivity contribution in [3.05, 3.63) is 40.2 Å². The standard InChI is InChI=1S/C20H25NO6/c1-3-5-7-13-10-19(23)27-17-11-14(8-9-15(13)17)26-12-18(22)21-16(6-4-2)20(24)25/h8-11,16H,3-7,12H2,1-2H3,(H,21,22)(H,24,25)/p-1/t16-/m1/s1. The third kappa shape index (κ3) is 5.84. The Morgan fingerprint density at radius 1 is 1.22 bits per heavy atom. The van der Waals surface area contributed by atoms with Gasteiger partial charge in [0, 0.05) is 17.5 Å². The Kier molecular flexibility index (Phi) is 7.40. The first-order chi connectivity index (χ1) is 12.9. The minimum atomic E-state index is -1.32. The number of hydrogen-bond donors (Lipinski definition) is 1. The summed E-state index contributed by atoms with van der Waals surface area (Å²) in [7, 11) is 0. The SMILES string of the molecule is CCCCc1cc(=O)oc2cc(OCC(=O)N[C@H](CCC)C(=O)[O-])ccc12. The van der Waals surface area contributed by atoms with Crippen molar-refractivity contribution < 1.29 is 23.8 Å². The molecule has 0 radical (unpaired) electrons. The van der Waals surface area contributed by atoms with Crippen LogP contribution in [0.3, 0.4) is 0 Å². The van der Waals surface area contributed by atoms with Crippen LogP contribution in [0.1, 0.15) is 45.1 Å². The Labute approximate surface area is 157 Å². The summed E-state index contributed by atoms with van der Waals surface area (Å²) in [6.07, 6.45) is 3.65. The number of carbonyl (C=O) groups excluding carboxylic acids is 2. The maximum absolute atomic E-state index is 11.9. The molecular weight excluding hydrogens is 350 g/mol. The lowest BCUT2D eigenvalue weighted by molar-refractivity contribution is -0.308. The van der Waals surface area contributed by atoms with Gasteiger partial charge in [-0.15, -0.1) is 0 Å². The quantitative estimate of drug-likeness (QED) is 0.632. The number of rotatable bonds is 10. The molecular formula is C20H24NO6-. The number of nitrogens with one attached hydrogen (secondary N) is 1. The second-order valence-electron chi connectivity index (χ2n) is 6.37. The van der Waals surface area contributed by atoms with E-state index >= 15 is 0 Å². The molecule has 2 aromatic rings. The smallest absolute Gasteiger partial charge is 0.336 e. The molecule has 2 rings (SSSR count). The van der Waals surface area contributed by atoms with Gasteiger partial charge in [0.1, 0.15) is 11.3 Å². The van der Waals surface area contributed by atoms with E-state index in [0.29, 0.717) is 17.8 Å². The summed E-state index contributed by atoms with van der Waals surface area (Å²) in [6.45, 7) is 3.55. The third-order valence-corrected chi connectivity index (χ3v) is 4.17. The summed E-state index contributed by atoms with van der Waals surface area (Å²) in [6, 6.07) is 5.49. The van der Waals surface area contributed by atoms with Gasteiger partial charge in [-0.2, -0.15) is 0 Å². The van der Waals surface area contributed by atoms with Crippen molar-refractivity contribution in [2.45, 2.75) is 52.0 Å². The van der Waals surface area contributed by atoms with Crippen LogP contribution in [0, 0.1) is 0 Å². The molecule has 1 atom stereocenters. The molecule has 7 heteroatoms. The zero-order valence-electron chi connectivity index (χ0n) is 15.6. The second kappa shape index (κ2) is 9.75. The minimum Gasteiger partial charge on any atom is -0.548 e. The largest absolute Gasteiger partial charge is 0.548 e. The predicted octanol–water partition coefficient (Wildman–Crippen LogP) is 1.55. The lowest BCUT2D eigenvalue weighted by Crippen LogP contribution is -2.49. The molecule has 1 aromatic carbocycles. The fourth-order valence-electron chi connectivity index (χ4n) is 2.80. The van der Waals surface area contributed by atoms with Crippen LogP contribution >= 0.6 is 0 Å². The van der Waals surface area contributed by atoms with Gasteiger partial charge in [0.15, 0.2) is 6.61 Å². The molecule has 1 amide bonds. The van der Waals surface area contributed by atoms with Crippen LogP contribution in [0.25, 0.3) is 11.0 Å². The van der Waals surface area contributed by atoms with Crippen LogP contribution in [0.4, 0.5) is 0 Å². The number of benzene rings is 1. The van der Waals surface area contributed by atoms with Crippen molar-refractivity contribution >= 4 is 22.8 Å². The first-order valence-corrected chi connectivity index (χ1v) is 9.14. The molecule has 1 N–H and O–H groups in total. The summed E-state index contributed by atoms with van der Waals surface area (Å²) in [5, 5.41) is 14.2. The number of unbranched alkanes of at least 4 members (excludes halogenated alkanes) is 1. The number of ether oxygens (including phenoxy) is 1. The maximum Gasteiger partial charge on any atom is 0.336 e. The second-order valence-corrected chi connectivity index (χ2v) is 6.37. The number of carboxylic acids is 1. The van der Waals surface area contributed by atoms with E-state index in [4.69, 9.17) is 9.15 Å². The summed E-state index contributed by atoms with van der Waals surface area (Å²) in [5.41, 5.74) is 0.883.